The maximum atomic E-state index is 11.8. The van der Waals surface area contributed by atoms with Crippen LogP contribution < -0.4 is 0 Å². The number of hydrogen-bond donors (Lipinski definition) is 1. The van der Waals surface area contributed by atoms with Crippen LogP contribution in [0.5, 0.6) is 0 Å². The van der Waals surface area contributed by atoms with Gasteiger partial charge in [-0.1, -0.05) is 75.6 Å². The maximum Gasteiger partial charge on any atom is 0.333 e. The largest absolute Gasteiger partial charge is 0.462 e. The van der Waals surface area contributed by atoms with E-state index in [0.29, 0.717) is 30.9 Å². The van der Waals surface area contributed by atoms with Crippen molar-refractivity contribution >= 4 is 5.97 Å². The van der Waals surface area contributed by atoms with E-state index in [4.69, 9.17) is 4.74 Å². The molecule has 0 amide bonds. The lowest BCUT2D eigenvalue weighted by atomic mass is 9.76. The molecule has 0 bridgehead atoms. The molecule has 35 heavy (non-hydrogen) atoms. The van der Waals surface area contributed by atoms with E-state index in [-0.39, 0.29) is 12.6 Å². The van der Waals surface area contributed by atoms with Gasteiger partial charge in [0.15, 0.2) is 0 Å². The van der Waals surface area contributed by atoms with Crippen molar-refractivity contribution in [1.29, 1.82) is 0 Å². The fraction of sp³-hybridized carbons (Fsp3) is 0.531. The Morgan fingerprint density at radius 3 is 2.46 bits per heavy atom. The van der Waals surface area contributed by atoms with E-state index >= 15 is 0 Å². The van der Waals surface area contributed by atoms with Crippen LogP contribution in [0.3, 0.4) is 0 Å². The molecular formula is C32H44O3. The predicted molar refractivity (Wildman–Crippen MR) is 146 cm³/mol. The fourth-order valence-corrected chi connectivity index (χ4v) is 5.50. The molecule has 3 rings (SSSR count). The highest BCUT2D eigenvalue weighted by atomic mass is 16.5. The summed E-state index contributed by atoms with van der Waals surface area (Å²) in [4.78, 5) is 11.8. The van der Waals surface area contributed by atoms with Crippen molar-refractivity contribution in [2.45, 2.75) is 90.9 Å². The first-order valence-electron chi connectivity index (χ1n) is 13.6. The molecule has 1 aliphatic carbocycles. The third-order valence-corrected chi connectivity index (χ3v) is 7.64. The van der Waals surface area contributed by atoms with Gasteiger partial charge in [-0.2, -0.15) is 0 Å². The molecule has 0 saturated heterocycles. The number of benzene rings is 2. The van der Waals surface area contributed by atoms with Crippen molar-refractivity contribution < 1.29 is 14.6 Å². The smallest absolute Gasteiger partial charge is 0.333 e. The molecular weight excluding hydrogens is 432 g/mol. The molecule has 1 aliphatic rings. The Morgan fingerprint density at radius 1 is 1.03 bits per heavy atom. The Kier molecular flexibility index (Phi) is 10.6. The minimum Gasteiger partial charge on any atom is -0.462 e. The maximum absolute atomic E-state index is 11.8. The van der Waals surface area contributed by atoms with Crippen LogP contribution in [0.15, 0.2) is 48.6 Å². The minimum atomic E-state index is -0.355. The van der Waals surface area contributed by atoms with Gasteiger partial charge in [-0.15, -0.1) is 0 Å². The van der Waals surface area contributed by atoms with Gasteiger partial charge in [-0.3, -0.25) is 0 Å². The van der Waals surface area contributed by atoms with Gasteiger partial charge in [0.2, 0.25) is 0 Å². The van der Waals surface area contributed by atoms with E-state index in [0.717, 1.165) is 17.0 Å². The van der Waals surface area contributed by atoms with Crippen LogP contribution in [0.25, 0.3) is 11.1 Å². The SMILES string of the molecule is C=C(C)C(=O)OCCc1cc(-c2ccc(C3CCC(CCCCC)CC3)cc2C)ccc1CCO. The van der Waals surface area contributed by atoms with Crippen LogP contribution in [0.4, 0.5) is 0 Å². The van der Waals surface area contributed by atoms with Gasteiger partial charge in [0.25, 0.3) is 0 Å². The standard InChI is InChI=1S/C32H44O3/c1-5-6-7-8-25-9-11-26(12-10-25)28-15-16-31(24(4)21-28)30-14-13-27(17-19-33)29(22-30)18-20-35-32(34)23(2)3/h13-16,21-22,25-26,33H,2,5-12,17-20H2,1,3-4H3. The van der Waals surface area contributed by atoms with E-state index in [1.54, 1.807) is 6.92 Å². The molecule has 3 nitrogen and oxygen atoms in total. The average molecular weight is 477 g/mol. The average Bonchev–Trinajstić information content (AvgIpc) is 2.85. The Balaban J connectivity index is 1.69. The van der Waals surface area contributed by atoms with Gasteiger partial charge < -0.3 is 9.84 Å². The number of unbranched alkanes of at least 4 members (excludes halogenated alkanes) is 2. The Morgan fingerprint density at radius 2 is 1.80 bits per heavy atom. The third kappa shape index (κ3) is 7.80. The van der Waals surface area contributed by atoms with Gasteiger partial charge in [0.05, 0.1) is 6.61 Å². The number of aliphatic hydroxyl groups is 1. The fourth-order valence-electron chi connectivity index (χ4n) is 5.50. The third-order valence-electron chi connectivity index (χ3n) is 7.64. The zero-order chi connectivity index (χ0) is 25.2. The number of esters is 1. The lowest BCUT2D eigenvalue weighted by Crippen LogP contribution is -2.13. The molecule has 2 aromatic rings. The van der Waals surface area contributed by atoms with Gasteiger partial charge in [0.1, 0.15) is 0 Å². The van der Waals surface area contributed by atoms with Crippen LogP contribution in [-0.4, -0.2) is 24.3 Å². The molecule has 0 radical (unpaired) electrons. The van der Waals surface area contributed by atoms with Crippen LogP contribution in [0.2, 0.25) is 0 Å². The summed E-state index contributed by atoms with van der Waals surface area (Å²) >= 11 is 0. The highest BCUT2D eigenvalue weighted by Gasteiger charge is 2.22. The highest BCUT2D eigenvalue weighted by molar-refractivity contribution is 5.86. The van der Waals surface area contributed by atoms with Crippen molar-refractivity contribution in [3.8, 4) is 11.1 Å². The summed E-state index contributed by atoms with van der Waals surface area (Å²) in [5.74, 6) is 1.27. The van der Waals surface area contributed by atoms with E-state index in [2.05, 4.69) is 56.8 Å². The molecule has 0 aliphatic heterocycles. The Bertz CT molecular complexity index is 982. The summed E-state index contributed by atoms with van der Waals surface area (Å²) in [7, 11) is 0. The number of aliphatic hydroxyl groups excluding tert-OH is 1. The second-order valence-electron chi connectivity index (χ2n) is 10.4. The first-order chi connectivity index (χ1) is 16.9. The molecule has 0 aromatic heterocycles. The molecule has 190 valence electrons. The lowest BCUT2D eigenvalue weighted by Gasteiger charge is -2.29. The number of carbonyl (C=O) groups excluding carboxylic acids is 1. The number of ether oxygens (including phenoxy) is 1. The summed E-state index contributed by atoms with van der Waals surface area (Å²) < 4.78 is 5.33. The zero-order valence-electron chi connectivity index (χ0n) is 22.1. The topological polar surface area (TPSA) is 46.5 Å². The van der Waals surface area contributed by atoms with Crippen molar-refractivity contribution in [1.82, 2.24) is 0 Å². The van der Waals surface area contributed by atoms with Crippen LogP contribution >= 0.6 is 0 Å². The molecule has 0 unspecified atom stereocenters. The normalized spacial score (nSPS) is 17.8. The Hall–Kier alpha value is -2.39. The second-order valence-corrected chi connectivity index (χ2v) is 10.4. The number of hydrogen-bond acceptors (Lipinski definition) is 3. The summed E-state index contributed by atoms with van der Waals surface area (Å²) in [6.07, 6.45) is 12.1. The Labute approximate surface area is 212 Å². The monoisotopic (exact) mass is 476 g/mol. The second kappa shape index (κ2) is 13.6. The minimum absolute atomic E-state index is 0.104. The van der Waals surface area contributed by atoms with Crippen LogP contribution in [0, 0.1) is 12.8 Å². The molecule has 1 saturated carbocycles. The van der Waals surface area contributed by atoms with E-state index in [9.17, 15) is 9.90 Å². The lowest BCUT2D eigenvalue weighted by molar-refractivity contribution is -0.138. The summed E-state index contributed by atoms with van der Waals surface area (Å²) in [6, 6.07) is 13.5. The molecule has 3 heteroatoms. The van der Waals surface area contributed by atoms with Crippen molar-refractivity contribution in [2.75, 3.05) is 13.2 Å². The van der Waals surface area contributed by atoms with Gasteiger partial charge in [-0.25, -0.2) is 4.79 Å². The summed E-state index contributed by atoms with van der Waals surface area (Å²) in [6.45, 7) is 10.2. The van der Waals surface area contributed by atoms with Crippen LogP contribution in [0.1, 0.15) is 93.4 Å². The molecule has 0 heterocycles. The molecule has 0 spiro atoms. The first kappa shape index (κ1) is 27.2. The zero-order valence-corrected chi connectivity index (χ0v) is 22.1. The molecule has 1 N–H and O–H groups in total. The van der Waals surface area contributed by atoms with E-state index in [1.165, 1.54) is 73.6 Å². The van der Waals surface area contributed by atoms with Crippen LogP contribution in [-0.2, 0) is 22.4 Å². The quantitative estimate of drug-likeness (QED) is 0.194. The van der Waals surface area contributed by atoms with E-state index in [1.807, 2.05) is 0 Å². The van der Waals surface area contributed by atoms with Gasteiger partial charge in [0, 0.05) is 18.6 Å². The molecule has 2 aromatic carbocycles. The molecule has 0 atom stereocenters. The highest BCUT2D eigenvalue weighted by Crippen LogP contribution is 2.39. The number of aryl methyl sites for hydroxylation is 1. The number of rotatable bonds is 12. The summed E-state index contributed by atoms with van der Waals surface area (Å²) in [5.41, 5.74) is 7.86. The van der Waals surface area contributed by atoms with Gasteiger partial charge >= 0.3 is 5.97 Å². The van der Waals surface area contributed by atoms with Crippen molar-refractivity contribution in [3.05, 3.63) is 70.8 Å². The van der Waals surface area contributed by atoms with Crippen molar-refractivity contribution in [2.24, 2.45) is 5.92 Å². The summed E-state index contributed by atoms with van der Waals surface area (Å²) in [5, 5.41) is 9.49. The van der Waals surface area contributed by atoms with E-state index < -0.39 is 0 Å². The van der Waals surface area contributed by atoms with Crippen molar-refractivity contribution in [3.63, 3.8) is 0 Å². The number of carbonyl (C=O) groups is 1. The predicted octanol–water partition coefficient (Wildman–Crippen LogP) is 7.71. The molecule has 1 fully saturated rings. The van der Waals surface area contributed by atoms with Gasteiger partial charge in [-0.05, 0) is 91.2 Å². The first-order valence-corrected chi connectivity index (χ1v) is 13.6.